The Labute approximate surface area is 193 Å². The number of ether oxygens (including phenoxy) is 1. The topological polar surface area (TPSA) is 75.7 Å². The minimum absolute atomic E-state index is 0.279. The van der Waals surface area contributed by atoms with Crippen LogP contribution in [0.4, 0.5) is 5.69 Å². The summed E-state index contributed by atoms with van der Waals surface area (Å²) in [6.07, 6.45) is 1.09. The van der Waals surface area contributed by atoms with Crippen molar-refractivity contribution in [2.24, 2.45) is 0 Å². The van der Waals surface area contributed by atoms with E-state index in [9.17, 15) is 13.2 Å². The molecule has 3 rings (SSSR count). The van der Waals surface area contributed by atoms with E-state index in [1.54, 1.807) is 36.0 Å². The number of hydrogen-bond acceptors (Lipinski definition) is 5. The van der Waals surface area contributed by atoms with Crippen LogP contribution in [-0.2, 0) is 21.4 Å². The van der Waals surface area contributed by atoms with Gasteiger partial charge in [0.25, 0.3) is 0 Å². The van der Waals surface area contributed by atoms with Crippen molar-refractivity contribution in [1.29, 1.82) is 0 Å². The number of rotatable bonds is 11. The van der Waals surface area contributed by atoms with Gasteiger partial charge in [0.1, 0.15) is 18.9 Å². The van der Waals surface area contributed by atoms with Crippen LogP contribution in [0.15, 0.2) is 89.8 Å². The molecule has 3 aromatic rings. The summed E-state index contributed by atoms with van der Waals surface area (Å²) in [5, 5.41) is 2.78. The Hall–Kier alpha value is -2.97. The van der Waals surface area contributed by atoms with Crippen molar-refractivity contribution in [3.05, 3.63) is 90.5 Å². The molecule has 0 aromatic heterocycles. The second-order valence-corrected chi connectivity index (χ2v) is 10.1. The highest BCUT2D eigenvalue weighted by atomic mass is 32.2. The molecule has 0 radical (unpaired) electrons. The molecule has 0 aliphatic heterocycles. The van der Waals surface area contributed by atoms with Crippen molar-refractivity contribution in [2.45, 2.75) is 11.5 Å². The van der Waals surface area contributed by atoms with Gasteiger partial charge in [-0.2, -0.15) is 0 Å². The molecule has 0 atom stereocenters. The molecule has 0 saturated carbocycles. The average Bonchev–Trinajstić information content (AvgIpc) is 2.80. The highest BCUT2D eigenvalue weighted by Crippen LogP contribution is 2.22. The molecule has 1 amide bonds. The molecule has 6 nitrogen and oxygen atoms in total. The van der Waals surface area contributed by atoms with E-state index in [1.807, 2.05) is 60.7 Å². The number of nitrogens with zero attached hydrogens (tertiary/aromatic N) is 1. The summed E-state index contributed by atoms with van der Waals surface area (Å²) in [4.78, 5) is 13.5. The normalized spacial score (nSPS) is 11.0. The predicted octanol–water partition coefficient (Wildman–Crippen LogP) is 3.94. The smallest absolute Gasteiger partial charge is 0.240 e. The molecule has 32 heavy (non-hydrogen) atoms. The average molecular weight is 471 g/mol. The monoisotopic (exact) mass is 470 g/mol. The Bertz CT molecular complexity index is 1090. The van der Waals surface area contributed by atoms with Crippen LogP contribution in [0, 0.1) is 0 Å². The molecule has 0 fully saturated rings. The zero-order chi connectivity index (χ0) is 22.8. The quantitative estimate of drug-likeness (QED) is 0.339. The first-order chi connectivity index (χ1) is 15.4. The van der Waals surface area contributed by atoms with E-state index >= 15 is 0 Å². The van der Waals surface area contributed by atoms with Gasteiger partial charge in [-0.15, -0.1) is 11.8 Å². The van der Waals surface area contributed by atoms with Gasteiger partial charge in [0.15, 0.2) is 0 Å². The fraction of sp³-hybridized carbons (Fsp3) is 0.208. The summed E-state index contributed by atoms with van der Waals surface area (Å²) in [5.74, 6) is 0.962. The minimum atomic E-state index is -3.63. The molecule has 3 aromatic carbocycles. The van der Waals surface area contributed by atoms with E-state index in [2.05, 4.69) is 5.32 Å². The number of carbonyl (C=O) groups excluding carboxylic acids is 1. The summed E-state index contributed by atoms with van der Waals surface area (Å²) in [5.41, 5.74) is 1.45. The number of thioether (sulfide) groups is 1. The van der Waals surface area contributed by atoms with E-state index in [-0.39, 0.29) is 12.5 Å². The zero-order valence-corrected chi connectivity index (χ0v) is 19.4. The number of nitrogens with one attached hydrogen (secondary N) is 1. The van der Waals surface area contributed by atoms with E-state index < -0.39 is 10.0 Å². The Morgan fingerprint density at radius 3 is 2.19 bits per heavy atom. The molecule has 1 N–H and O–H groups in total. The fourth-order valence-electron chi connectivity index (χ4n) is 2.91. The third-order valence-electron chi connectivity index (χ3n) is 4.50. The highest BCUT2D eigenvalue weighted by molar-refractivity contribution is 7.99. The Kier molecular flexibility index (Phi) is 8.58. The van der Waals surface area contributed by atoms with Gasteiger partial charge in [-0.25, -0.2) is 8.42 Å². The van der Waals surface area contributed by atoms with Gasteiger partial charge in [-0.1, -0.05) is 48.5 Å². The van der Waals surface area contributed by atoms with Crippen LogP contribution in [0.5, 0.6) is 5.75 Å². The summed E-state index contributed by atoms with van der Waals surface area (Å²) in [6.45, 7) is 0.584. The van der Waals surface area contributed by atoms with Crippen LogP contribution in [-0.4, -0.2) is 39.4 Å². The number of amides is 1. The predicted molar refractivity (Wildman–Crippen MR) is 130 cm³/mol. The molecule has 0 aliphatic carbocycles. The largest absolute Gasteiger partial charge is 0.489 e. The van der Waals surface area contributed by atoms with Crippen LogP contribution in [0.1, 0.15) is 5.56 Å². The van der Waals surface area contributed by atoms with Crippen molar-refractivity contribution < 1.29 is 17.9 Å². The second-order valence-electron chi connectivity index (χ2n) is 7.05. The summed E-state index contributed by atoms with van der Waals surface area (Å²) < 4.78 is 31.4. The molecule has 0 saturated heterocycles. The maximum atomic E-state index is 12.4. The van der Waals surface area contributed by atoms with Crippen LogP contribution < -0.4 is 14.4 Å². The summed E-state index contributed by atoms with van der Waals surface area (Å²) in [6, 6.07) is 26.3. The number of benzene rings is 3. The lowest BCUT2D eigenvalue weighted by Crippen LogP contribution is -2.41. The standard InChI is InChI=1S/C24H26N2O4S2/c1-32(28,29)26(18-24(27)25-16-17-31-23-10-6-3-7-11-23)21-12-14-22(15-13-21)30-19-20-8-4-2-5-9-20/h2-15H,16-19H2,1H3,(H,25,27). The third kappa shape index (κ3) is 7.62. The Morgan fingerprint density at radius 2 is 1.56 bits per heavy atom. The molecular weight excluding hydrogens is 444 g/mol. The van der Waals surface area contributed by atoms with Crippen LogP contribution in [0.2, 0.25) is 0 Å². The molecule has 8 heteroatoms. The first kappa shape index (κ1) is 23.7. The molecule has 0 bridgehead atoms. The lowest BCUT2D eigenvalue weighted by atomic mass is 10.2. The lowest BCUT2D eigenvalue weighted by Gasteiger charge is -2.22. The van der Waals surface area contributed by atoms with E-state index in [1.165, 1.54) is 0 Å². The van der Waals surface area contributed by atoms with Crippen LogP contribution in [0.3, 0.4) is 0 Å². The Balaban J connectivity index is 1.53. The minimum Gasteiger partial charge on any atom is -0.489 e. The van der Waals surface area contributed by atoms with Crippen molar-refractivity contribution in [3.8, 4) is 5.75 Å². The molecule has 0 unspecified atom stereocenters. The third-order valence-corrected chi connectivity index (χ3v) is 6.65. The van der Waals surface area contributed by atoms with Crippen molar-refractivity contribution in [1.82, 2.24) is 5.32 Å². The maximum absolute atomic E-state index is 12.4. The van der Waals surface area contributed by atoms with Crippen molar-refractivity contribution in [2.75, 3.05) is 29.4 Å². The van der Waals surface area contributed by atoms with Gasteiger partial charge in [0, 0.05) is 17.2 Å². The zero-order valence-electron chi connectivity index (χ0n) is 17.8. The van der Waals surface area contributed by atoms with Crippen LogP contribution >= 0.6 is 11.8 Å². The first-order valence-electron chi connectivity index (χ1n) is 10.1. The lowest BCUT2D eigenvalue weighted by molar-refractivity contribution is -0.119. The number of carbonyl (C=O) groups is 1. The summed E-state index contributed by atoms with van der Waals surface area (Å²) in [7, 11) is -3.63. The maximum Gasteiger partial charge on any atom is 0.240 e. The number of anilines is 1. The van der Waals surface area contributed by atoms with Gasteiger partial charge in [-0.3, -0.25) is 9.10 Å². The molecule has 0 heterocycles. The second kappa shape index (κ2) is 11.6. The number of sulfonamides is 1. The molecule has 0 aliphatic rings. The SMILES string of the molecule is CS(=O)(=O)N(CC(=O)NCCSc1ccccc1)c1ccc(OCc2ccccc2)cc1. The van der Waals surface area contributed by atoms with Gasteiger partial charge in [0.2, 0.25) is 15.9 Å². The Morgan fingerprint density at radius 1 is 0.938 bits per heavy atom. The first-order valence-corrected chi connectivity index (χ1v) is 12.9. The number of hydrogen-bond donors (Lipinski definition) is 1. The summed E-state index contributed by atoms with van der Waals surface area (Å²) >= 11 is 1.63. The molecule has 168 valence electrons. The van der Waals surface area contributed by atoms with Gasteiger partial charge >= 0.3 is 0 Å². The van der Waals surface area contributed by atoms with E-state index in [4.69, 9.17) is 4.74 Å². The fourth-order valence-corrected chi connectivity index (χ4v) is 4.56. The molecule has 0 spiro atoms. The van der Waals surface area contributed by atoms with Gasteiger partial charge < -0.3 is 10.1 Å². The highest BCUT2D eigenvalue weighted by Gasteiger charge is 2.20. The van der Waals surface area contributed by atoms with Crippen molar-refractivity contribution >= 4 is 33.4 Å². The van der Waals surface area contributed by atoms with E-state index in [0.29, 0.717) is 30.3 Å². The van der Waals surface area contributed by atoms with Crippen LogP contribution in [0.25, 0.3) is 0 Å². The molecular formula is C24H26N2O4S2. The van der Waals surface area contributed by atoms with Gasteiger partial charge in [-0.05, 0) is 42.0 Å². The van der Waals surface area contributed by atoms with Crippen molar-refractivity contribution in [3.63, 3.8) is 0 Å². The van der Waals surface area contributed by atoms with E-state index in [0.717, 1.165) is 21.0 Å². The van der Waals surface area contributed by atoms with Gasteiger partial charge in [0.05, 0.1) is 11.9 Å².